The standard InChI is InChI=1S/C11H13F2NO/c1-7-4-9(12)10(13)5-8(7)11-6-15-3-2-14-11/h4-5,11,14H,2-3,6H2,1H3. The second-order valence-corrected chi connectivity index (χ2v) is 3.70. The van der Waals surface area contributed by atoms with Gasteiger partial charge in [-0.1, -0.05) is 0 Å². The number of rotatable bonds is 1. The van der Waals surface area contributed by atoms with Crippen molar-refractivity contribution in [3.63, 3.8) is 0 Å². The van der Waals surface area contributed by atoms with Crippen molar-refractivity contribution >= 4 is 0 Å². The topological polar surface area (TPSA) is 21.3 Å². The van der Waals surface area contributed by atoms with Crippen LogP contribution in [0.25, 0.3) is 0 Å². The van der Waals surface area contributed by atoms with Crippen molar-refractivity contribution in [1.82, 2.24) is 5.32 Å². The minimum Gasteiger partial charge on any atom is -0.378 e. The molecule has 15 heavy (non-hydrogen) atoms. The summed E-state index contributed by atoms with van der Waals surface area (Å²) >= 11 is 0. The van der Waals surface area contributed by atoms with Gasteiger partial charge in [0, 0.05) is 6.54 Å². The molecule has 0 saturated carbocycles. The first-order valence-corrected chi connectivity index (χ1v) is 4.95. The Balaban J connectivity index is 2.30. The normalized spacial score (nSPS) is 21.7. The summed E-state index contributed by atoms with van der Waals surface area (Å²) in [6.45, 7) is 3.68. The van der Waals surface area contributed by atoms with Gasteiger partial charge in [0.1, 0.15) is 0 Å². The summed E-state index contributed by atoms with van der Waals surface area (Å²) in [6, 6.07) is 2.44. The van der Waals surface area contributed by atoms with Gasteiger partial charge in [-0.15, -0.1) is 0 Å². The van der Waals surface area contributed by atoms with E-state index in [0.29, 0.717) is 13.2 Å². The highest BCUT2D eigenvalue weighted by atomic mass is 19.2. The molecule has 2 rings (SSSR count). The van der Waals surface area contributed by atoms with E-state index < -0.39 is 11.6 Å². The molecule has 2 nitrogen and oxygen atoms in total. The molecule has 1 aromatic rings. The van der Waals surface area contributed by atoms with E-state index in [1.54, 1.807) is 6.92 Å². The van der Waals surface area contributed by atoms with E-state index in [2.05, 4.69) is 5.32 Å². The van der Waals surface area contributed by atoms with Crippen LogP contribution in [0.4, 0.5) is 8.78 Å². The molecule has 82 valence electrons. The van der Waals surface area contributed by atoms with E-state index in [4.69, 9.17) is 4.74 Å². The number of benzene rings is 1. The summed E-state index contributed by atoms with van der Waals surface area (Å²) < 4.78 is 31.3. The van der Waals surface area contributed by atoms with Crippen molar-refractivity contribution in [2.24, 2.45) is 0 Å². The van der Waals surface area contributed by atoms with Crippen LogP contribution in [0.3, 0.4) is 0 Å². The first-order valence-electron chi connectivity index (χ1n) is 4.95. The van der Waals surface area contributed by atoms with E-state index in [1.165, 1.54) is 12.1 Å². The molecule has 1 aromatic carbocycles. The van der Waals surface area contributed by atoms with Gasteiger partial charge < -0.3 is 10.1 Å². The fourth-order valence-corrected chi connectivity index (χ4v) is 1.80. The molecule has 1 unspecified atom stereocenters. The Morgan fingerprint density at radius 2 is 2.07 bits per heavy atom. The summed E-state index contributed by atoms with van der Waals surface area (Å²) in [5.74, 6) is -1.60. The van der Waals surface area contributed by atoms with Crippen molar-refractivity contribution in [2.45, 2.75) is 13.0 Å². The Morgan fingerprint density at radius 1 is 1.33 bits per heavy atom. The molecule has 1 saturated heterocycles. The molecular weight excluding hydrogens is 200 g/mol. The number of nitrogens with one attached hydrogen (secondary N) is 1. The van der Waals surface area contributed by atoms with E-state index in [9.17, 15) is 8.78 Å². The van der Waals surface area contributed by atoms with Gasteiger partial charge in [-0.25, -0.2) is 8.78 Å². The van der Waals surface area contributed by atoms with E-state index >= 15 is 0 Å². The first-order chi connectivity index (χ1) is 7.18. The number of hydrogen-bond acceptors (Lipinski definition) is 2. The molecule has 1 aliphatic heterocycles. The number of aryl methyl sites for hydroxylation is 1. The summed E-state index contributed by atoms with van der Waals surface area (Å²) in [4.78, 5) is 0. The van der Waals surface area contributed by atoms with Crippen molar-refractivity contribution in [2.75, 3.05) is 19.8 Å². The average molecular weight is 213 g/mol. The zero-order chi connectivity index (χ0) is 10.8. The lowest BCUT2D eigenvalue weighted by Crippen LogP contribution is -2.35. The number of hydrogen-bond donors (Lipinski definition) is 1. The predicted molar refractivity (Wildman–Crippen MR) is 52.7 cm³/mol. The van der Waals surface area contributed by atoms with Gasteiger partial charge in [-0.05, 0) is 30.2 Å². The van der Waals surface area contributed by atoms with E-state index in [1.807, 2.05) is 0 Å². The smallest absolute Gasteiger partial charge is 0.159 e. The second kappa shape index (κ2) is 4.24. The van der Waals surface area contributed by atoms with Crippen molar-refractivity contribution in [3.05, 3.63) is 34.9 Å². The molecule has 4 heteroatoms. The highest BCUT2D eigenvalue weighted by Crippen LogP contribution is 2.22. The third kappa shape index (κ3) is 2.16. The lowest BCUT2D eigenvalue weighted by molar-refractivity contribution is 0.0765. The number of ether oxygens (including phenoxy) is 1. The number of morpholine rings is 1. The minimum atomic E-state index is -0.803. The van der Waals surface area contributed by atoms with Gasteiger partial charge >= 0.3 is 0 Å². The van der Waals surface area contributed by atoms with E-state index in [-0.39, 0.29) is 6.04 Å². The minimum absolute atomic E-state index is 0.0335. The predicted octanol–water partition coefficient (Wildman–Crippen LogP) is 1.93. The Labute approximate surface area is 87.2 Å². The highest BCUT2D eigenvalue weighted by Gasteiger charge is 2.18. The molecule has 0 radical (unpaired) electrons. The highest BCUT2D eigenvalue weighted by molar-refractivity contribution is 5.30. The van der Waals surface area contributed by atoms with E-state index in [0.717, 1.165) is 17.7 Å². The Hall–Kier alpha value is -1.00. The molecule has 1 N–H and O–H groups in total. The fraction of sp³-hybridized carbons (Fsp3) is 0.455. The molecular formula is C11H13F2NO. The molecule has 0 aromatic heterocycles. The first kappa shape index (κ1) is 10.5. The molecule has 0 bridgehead atoms. The molecule has 1 atom stereocenters. The average Bonchev–Trinajstić information content (AvgIpc) is 2.25. The summed E-state index contributed by atoms with van der Waals surface area (Å²) in [7, 11) is 0. The van der Waals surface area contributed by atoms with Crippen LogP contribution in [0.2, 0.25) is 0 Å². The summed E-state index contributed by atoms with van der Waals surface area (Å²) in [6.07, 6.45) is 0. The molecule has 1 heterocycles. The summed E-state index contributed by atoms with van der Waals surface area (Å²) in [5, 5.41) is 3.21. The third-order valence-electron chi connectivity index (χ3n) is 2.61. The zero-order valence-electron chi connectivity index (χ0n) is 8.52. The summed E-state index contributed by atoms with van der Waals surface area (Å²) in [5.41, 5.74) is 1.52. The molecule has 0 spiro atoms. The lowest BCUT2D eigenvalue weighted by Gasteiger charge is -2.25. The maximum Gasteiger partial charge on any atom is 0.159 e. The molecule has 1 fully saturated rings. The van der Waals surface area contributed by atoms with Gasteiger partial charge in [0.25, 0.3) is 0 Å². The largest absolute Gasteiger partial charge is 0.378 e. The Bertz CT molecular complexity index is 362. The van der Waals surface area contributed by atoms with Crippen LogP contribution in [0.1, 0.15) is 17.2 Å². The van der Waals surface area contributed by atoms with Gasteiger partial charge in [0.15, 0.2) is 11.6 Å². The fourth-order valence-electron chi connectivity index (χ4n) is 1.80. The van der Waals surface area contributed by atoms with Gasteiger partial charge in [-0.2, -0.15) is 0 Å². The third-order valence-corrected chi connectivity index (χ3v) is 2.61. The van der Waals surface area contributed by atoms with Crippen LogP contribution < -0.4 is 5.32 Å². The quantitative estimate of drug-likeness (QED) is 0.769. The zero-order valence-corrected chi connectivity index (χ0v) is 8.52. The SMILES string of the molecule is Cc1cc(F)c(F)cc1C1COCCN1. The van der Waals surface area contributed by atoms with Gasteiger partial charge in [0.05, 0.1) is 19.3 Å². The van der Waals surface area contributed by atoms with Crippen LogP contribution in [0.15, 0.2) is 12.1 Å². The second-order valence-electron chi connectivity index (χ2n) is 3.70. The Kier molecular flexibility index (Phi) is 2.98. The van der Waals surface area contributed by atoms with Gasteiger partial charge in [-0.3, -0.25) is 0 Å². The van der Waals surface area contributed by atoms with Crippen LogP contribution in [0, 0.1) is 18.6 Å². The van der Waals surface area contributed by atoms with Crippen molar-refractivity contribution in [3.8, 4) is 0 Å². The van der Waals surface area contributed by atoms with Crippen molar-refractivity contribution in [1.29, 1.82) is 0 Å². The van der Waals surface area contributed by atoms with Crippen LogP contribution in [-0.4, -0.2) is 19.8 Å². The van der Waals surface area contributed by atoms with Crippen LogP contribution in [-0.2, 0) is 4.74 Å². The Morgan fingerprint density at radius 3 is 2.73 bits per heavy atom. The maximum atomic E-state index is 13.1. The molecule has 0 amide bonds. The number of halogens is 2. The molecule has 1 aliphatic rings. The monoisotopic (exact) mass is 213 g/mol. The molecule has 0 aliphatic carbocycles. The van der Waals surface area contributed by atoms with Gasteiger partial charge in [0.2, 0.25) is 0 Å². The van der Waals surface area contributed by atoms with Crippen molar-refractivity contribution < 1.29 is 13.5 Å². The lowest BCUT2D eigenvalue weighted by atomic mass is 10.0. The van der Waals surface area contributed by atoms with Crippen LogP contribution in [0.5, 0.6) is 0 Å². The van der Waals surface area contributed by atoms with Crippen LogP contribution >= 0.6 is 0 Å². The maximum absolute atomic E-state index is 13.1.